The summed E-state index contributed by atoms with van der Waals surface area (Å²) in [5.41, 5.74) is 1.40. The average molecular weight is 332 g/mol. The van der Waals surface area contributed by atoms with E-state index in [-0.39, 0.29) is 11.9 Å². The zero-order valence-corrected chi connectivity index (χ0v) is 14.6. The number of rotatable bonds is 5. The van der Waals surface area contributed by atoms with Crippen molar-refractivity contribution in [3.63, 3.8) is 0 Å². The van der Waals surface area contributed by atoms with Gasteiger partial charge in [-0.15, -0.1) is 11.3 Å². The van der Waals surface area contributed by atoms with E-state index in [1.165, 1.54) is 29.7 Å². The van der Waals surface area contributed by atoms with Crippen molar-refractivity contribution in [1.29, 1.82) is 0 Å². The molecule has 1 aliphatic rings. The Labute approximate surface area is 140 Å². The Morgan fingerprint density at radius 1 is 1.30 bits per heavy atom. The van der Waals surface area contributed by atoms with E-state index in [1.807, 2.05) is 13.8 Å². The van der Waals surface area contributed by atoms with Crippen LogP contribution in [0.15, 0.2) is 6.33 Å². The van der Waals surface area contributed by atoms with Gasteiger partial charge in [0.2, 0.25) is 5.91 Å². The second kappa shape index (κ2) is 7.25. The third-order valence-electron chi connectivity index (χ3n) is 4.30. The summed E-state index contributed by atoms with van der Waals surface area (Å²) < 4.78 is 0. The molecule has 5 nitrogen and oxygen atoms in total. The third-order valence-corrected chi connectivity index (χ3v) is 5.50. The SMILES string of the molecule is CCCNC(=O)[C@H](C)Nc1ncnc2sc3c(c12)CCCCC3. The fourth-order valence-electron chi connectivity index (χ4n) is 3.05. The number of carbonyl (C=O) groups excluding carboxylic acids is 1. The van der Waals surface area contributed by atoms with Crippen molar-refractivity contribution in [3.8, 4) is 0 Å². The lowest BCUT2D eigenvalue weighted by Gasteiger charge is -2.15. The Balaban J connectivity index is 1.88. The van der Waals surface area contributed by atoms with Crippen molar-refractivity contribution in [2.45, 2.75) is 58.4 Å². The first kappa shape index (κ1) is 16.2. The molecule has 1 aliphatic carbocycles. The standard InChI is InChI=1S/C17H24N4OS/c1-3-9-18-16(22)11(2)21-15-14-12-7-5-4-6-8-13(12)23-17(14)20-10-19-15/h10-11H,3-9H2,1-2H3,(H,18,22)(H,19,20,21)/t11-/m0/s1. The maximum atomic E-state index is 12.1. The van der Waals surface area contributed by atoms with Crippen molar-refractivity contribution < 1.29 is 4.79 Å². The van der Waals surface area contributed by atoms with Gasteiger partial charge in [0, 0.05) is 11.4 Å². The lowest BCUT2D eigenvalue weighted by Crippen LogP contribution is -2.38. The van der Waals surface area contributed by atoms with Gasteiger partial charge in [0.05, 0.1) is 5.39 Å². The van der Waals surface area contributed by atoms with E-state index >= 15 is 0 Å². The van der Waals surface area contributed by atoms with Gasteiger partial charge in [-0.25, -0.2) is 9.97 Å². The maximum Gasteiger partial charge on any atom is 0.242 e. The first-order valence-corrected chi connectivity index (χ1v) is 9.31. The topological polar surface area (TPSA) is 66.9 Å². The second-order valence-electron chi connectivity index (χ2n) is 6.12. The molecule has 1 amide bonds. The van der Waals surface area contributed by atoms with Crippen molar-refractivity contribution in [2.24, 2.45) is 0 Å². The third kappa shape index (κ3) is 3.47. The van der Waals surface area contributed by atoms with Crippen LogP contribution < -0.4 is 10.6 Å². The molecule has 0 aromatic carbocycles. The Morgan fingerprint density at radius 3 is 2.96 bits per heavy atom. The molecule has 0 unspecified atom stereocenters. The number of amides is 1. The van der Waals surface area contributed by atoms with Crippen molar-refractivity contribution in [2.75, 3.05) is 11.9 Å². The van der Waals surface area contributed by atoms with Gasteiger partial charge in [-0.05, 0) is 44.6 Å². The lowest BCUT2D eigenvalue weighted by molar-refractivity contribution is -0.121. The monoisotopic (exact) mass is 332 g/mol. The number of fused-ring (bicyclic) bond motifs is 3. The highest BCUT2D eigenvalue weighted by atomic mass is 32.1. The molecule has 6 heteroatoms. The van der Waals surface area contributed by atoms with Crippen LogP contribution in [0.5, 0.6) is 0 Å². The highest BCUT2D eigenvalue weighted by Crippen LogP contribution is 2.37. The van der Waals surface area contributed by atoms with Gasteiger partial charge in [-0.1, -0.05) is 13.3 Å². The Kier molecular flexibility index (Phi) is 5.10. The molecule has 2 aromatic rings. The highest BCUT2D eigenvalue weighted by Gasteiger charge is 2.21. The Bertz CT molecular complexity index is 697. The summed E-state index contributed by atoms with van der Waals surface area (Å²) in [6, 6.07) is -0.305. The van der Waals surface area contributed by atoms with Crippen molar-refractivity contribution >= 4 is 33.3 Å². The van der Waals surface area contributed by atoms with E-state index in [0.29, 0.717) is 6.54 Å². The van der Waals surface area contributed by atoms with E-state index in [0.717, 1.165) is 35.3 Å². The quantitative estimate of drug-likeness (QED) is 0.825. The van der Waals surface area contributed by atoms with E-state index in [2.05, 4.69) is 20.6 Å². The molecule has 0 aliphatic heterocycles. The summed E-state index contributed by atoms with van der Waals surface area (Å²) in [6.07, 6.45) is 8.53. The first-order chi connectivity index (χ1) is 11.2. The molecule has 23 heavy (non-hydrogen) atoms. The molecule has 3 rings (SSSR count). The van der Waals surface area contributed by atoms with Crippen molar-refractivity contribution in [1.82, 2.24) is 15.3 Å². The molecule has 0 fully saturated rings. The van der Waals surface area contributed by atoms with Gasteiger partial charge in [-0.2, -0.15) is 0 Å². The van der Waals surface area contributed by atoms with Crippen LogP contribution in [0.1, 0.15) is 50.0 Å². The largest absolute Gasteiger partial charge is 0.358 e. The minimum atomic E-state index is -0.305. The summed E-state index contributed by atoms with van der Waals surface area (Å²) in [7, 11) is 0. The molecule has 1 atom stereocenters. The minimum Gasteiger partial charge on any atom is -0.358 e. The number of aryl methyl sites for hydroxylation is 2. The molecule has 124 valence electrons. The molecule has 2 aromatic heterocycles. The van der Waals surface area contributed by atoms with Gasteiger partial charge in [0.15, 0.2) is 0 Å². The van der Waals surface area contributed by atoms with E-state index < -0.39 is 0 Å². The summed E-state index contributed by atoms with van der Waals surface area (Å²) >= 11 is 1.78. The summed E-state index contributed by atoms with van der Waals surface area (Å²) in [6.45, 7) is 4.63. The van der Waals surface area contributed by atoms with E-state index in [4.69, 9.17) is 0 Å². The van der Waals surface area contributed by atoms with Crippen LogP contribution in [-0.2, 0) is 17.6 Å². The highest BCUT2D eigenvalue weighted by molar-refractivity contribution is 7.18. The fraction of sp³-hybridized carbons (Fsp3) is 0.588. The predicted molar refractivity (Wildman–Crippen MR) is 95.1 cm³/mol. The predicted octanol–water partition coefficient (Wildman–Crippen LogP) is 3.29. The fourth-order valence-corrected chi connectivity index (χ4v) is 4.28. The Morgan fingerprint density at radius 2 is 2.13 bits per heavy atom. The number of thiophene rings is 1. The number of hydrogen-bond acceptors (Lipinski definition) is 5. The number of nitrogens with zero attached hydrogens (tertiary/aromatic N) is 2. The van der Waals surface area contributed by atoms with Crippen LogP contribution >= 0.6 is 11.3 Å². The van der Waals surface area contributed by atoms with Crippen LogP contribution in [-0.4, -0.2) is 28.5 Å². The number of aromatic nitrogens is 2. The van der Waals surface area contributed by atoms with Crippen LogP contribution in [0.2, 0.25) is 0 Å². The zero-order valence-electron chi connectivity index (χ0n) is 13.8. The molecule has 2 heterocycles. The first-order valence-electron chi connectivity index (χ1n) is 8.50. The summed E-state index contributed by atoms with van der Waals surface area (Å²) in [5.74, 6) is 0.813. The molecule has 0 bridgehead atoms. The molecule has 0 spiro atoms. The van der Waals surface area contributed by atoms with Gasteiger partial charge in [0.25, 0.3) is 0 Å². The molecular formula is C17H24N4OS. The molecule has 0 saturated heterocycles. The van der Waals surface area contributed by atoms with Gasteiger partial charge in [0.1, 0.15) is 23.0 Å². The molecule has 0 radical (unpaired) electrons. The summed E-state index contributed by atoms with van der Waals surface area (Å²) in [4.78, 5) is 23.5. The normalized spacial score (nSPS) is 15.7. The Hall–Kier alpha value is -1.69. The van der Waals surface area contributed by atoms with Gasteiger partial charge in [-0.3, -0.25) is 4.79 Å². The number of hydrogen-bond donors (Lipinski definition) is 2. The molecule has 0 saturated carbocycles. The maximum absolute atomic E-state index is 12.1. The second-order valence-corrected chi connectivity index (χ2v) is 7.21. The number of anilines is 1. The number of carbonyl (C=O) groups is 1. The van der Waals surface area contributed by atoms with E-state index in [1.54, 1.807) is 17.7 Å². The minimum absolute atomic E-state index is 0.0138. The average Bonchev–Trinajstić information content (AvgIpc) is 2.75. The smallest absolute Gasteiger partial charge is 0.242 e. The number of nitrogens with one attached hydrogen (secondary N) is 2. The van der Waals surface area contributed by atoms with Crippen LogP contribution in [0.25, 0.3) is 10.2 Å². The lowest BCUT2D eigenvalue weighted by atomic mass is 10.1. The van der Waals surface area contributed by atoms with Crippen molar-refractivity contribution in [3.05, 3.63) is 16.8 Å². The van der Waals surface area contributed by atoms with Gasteiger partial charge >= 0.3 is 0 Å². The van der Waals surface area contributed by atoms with Crippen LogP contribution in [0.4, 0.5) is 5.82 Å². The van der Waals surface area contributed by atoms with E-state index in [9.17, 15) is 4.79 Å². The molecular weight excluding hydrogens is 308 g/mol. The van der Waals surface area contributed by atoms with Gasteiger partial charge < -0.3 is 10.6 Å². The van der Waals surface area contributed by atoms with Crippen LogP contribution in [0.3, 0.4) is 0 Å². The molecule has 2 N–H and O–H groups in total. The zero-order chi connectivity index (χ0) is 16.2. The van der Waals surface area contributed by atoms with Crippen LogP contribution in [0, 0.1) is 0 Å². The summed E-state index contributed by atoms with van der Waals surface area (Å²) in [5, 5.41) is 7.35.